The molecule has 82 valence electrons. The summed E-state index contributed by atoms with van der Waals surface area (Å²) in [7, 11) is -2.82. The fourth-order valence-electron chi connectivity index (χ4n) is 1.78. The maximum atomic E-state index is 11.1. The minimum atomic E-state index is -2.82. The van der Waals surface area contributed by atoms with Gasteiger partial charge in [-0.05, 0) is 25.2 Å². The van der Waals surface area contributed by atoms with E-state index in [4.69, 9.17) is 5.11 Å². The molecule has 0 radical (unpaired) electrons. The molecule has 1 heterocycles. The number of carbonyl (C=O) groups is 1. The molecule has 1 saturated heterocycles. The third-order valence-corrected chi connectivity index (χ3v) is 4.50. The molecule has 0 saturated carbocycles. The van der Waals surface area contributed by atoms with E-state index in [0.717, 1.165) is 0 Å². The molecule has 1 fully saturated rings. The minimum absolute atomic E-state index is 0.226. The van der Waals surface area contributed by atoms with E-state index in [1.165, 1.54) is 0 Å². The van der Waals surface area contributed by atoms with Crippen LogP contribution in [0.15, 0.2) is 0 Å². The molecular weight excluding hydrogens is 204 g/mol. The van der Waals surface area contributed by atoms with Gasteiger partial charge in [0.1, 0.15) is 9.84 Å². The Kier molecular flexibility index (Phi) is 3.53. The predicted octanol–water partition coefficient (Wildman–Crippen LogP) is 0.922. The Labute approximate surface area is 84.2 Å². The van der Waals surface area contributed by atoms with Crippen LogP contribution in [0.3, 0.4) is 0 Å². The Morgan fingerprint density at radius 3 is 2.36 bits per heavy atom. The van der Waals surface area contributed by atoms with E-state index in [0.29, 0.717) is 19.3 Å². The second-order valence-electron chi connectivity index (χ2n) is 4.07. The van der Waals surface area contributed by atoms with Crippen LogP contribution in [0.5, 0.6) is 0 Å². The summed E-state index contributed by atoms with van der Waals surface area (Å²) in [5.41, 5.74) is 0. The van der Waals surface area contributed by atoms with Crippen molar-refractivity contribution in [3.63, 3.8) is 0 Å². The standard InChI is InChI=1S/C9H16O4S/c1-7(9(10)11)6-8-2-4-14(12,13)5-3-8/h7-8H,2-6H2,1H3,(H,10,11). The van der Waals surface area contributed by atoms with Gasteiger partial charge in [-0.3, -0.25) is 4.79 Å². The van der Waals surface area contributed by atoms with Crippen molar-refractivity contribution in [1.29, 1.82) is 0 Å². The van der Waals surface area contributed by atoms with E-state index < -0.39 is 15.8 Å². The van der Waals surface area contributed by atoms with Gasteiger partial charge in [-0.2, -0.15) is 0 Å². The lowest BCUT2D eigenvalue weighted by atomic mass is 9.91. The lowest BCUT2D eigenvalue weighted by molar-refractivity contribution is -0.141. The SMILES string of the molecule is CC(CC1CCS(=O)(=O)CC1)C(=O)O. The van der Waals surface area contributed by atoms with Gasteiger partial charge in [0.25, 0.3) is 0 Å². The van der Waals surface area contributed by atoms with E-state index >= 15 is 0 Å². The summed E-state index contributed by atoms with van der Waals surface area (Å²) in [6.45, 7) is 1.67. The number of rotatable bonds is 3. The first kappa shape index (κ1) is 11.5. The van der Waals surface area contributed by atoms with Crippen molar-refractivity contribution in [2.24, 2.45) is 11.8 Å². The summed E-state index contributed by atoms with van der Waals surface area (Å²) < 4.78 is 22.2. The van der Waals surface area contributed by atoms with E-state index in [1.807, 2.05) is 0 Å². The topological polar surface area (TPSA) is 71.4 Å². The molecular formula is C9H16O4S. The Bertz CT molecular complexity index is 293. The van der Waals surface area contributed by atoms with Crippen molar-refractivity contribution >= 4 is 15.8 Å². The smallest absolute Gasteiger partial charge is 0.306 e. The highest BCUT2D eigenvalue weighted by atomic mass is 32.2. The monoisotopic (exact) mass is 220 g/mol. The molecule has 0 aliphatic carbocycles. The van der Waals surface area contributed by atoms with Crippen molar-refractivity contribution in [3.05, 3.63) is 0 Å². The van der Waals surface area contributed by atoms with Gasteiger partial charge in [-0.1, -0.05) is 6.92 Å². The fourth-order valence-corrected chi connectivity index (χ4v) is 3.36. The summed E-state index contributed by atoms with van der Waals surface area (Å²) in [4.78, 5) is 10.6. The summed E-state index contributed by atoms with van der Waals surface area (Å²) in [6, 6.07) is 0. The van der Waals surface area contributed by atoms with Crippen LogP contribution in [-0.4, -0.2) is 31.0 Å². The number of carboxylic acid groups (broad SMARTS) is 1. The predicted molar refractivity (Wildman–Crippen MR) is 52.8 cm³/mol. The zero-order valence-electron chi connectivity index (χ0n) is 8.27. The molecule has 0 spiro atoms. The fraction of sp³-hybridized carbons (Fsp3) is 0.889. The molecule has 1 atom stereocenters. The average Bonchev–Trinajstić information content (AvgIpc) is 2.08. The van der Waals surface area contributed by atoms with Gasteiger partial charge < -0.3 is 5.11 Å². The maximum Gasteiger partial charge on any atom is 0.306 e. The van der Waals surface area contributed by atoms with Crippen molar-refractivity contribution in [2.75, 3.05) is 11.5 Å². The van der Waals surface area contributed by atoms with Crippen LogP contribution in [0.2, 0.25) is 0 Å². The summed E-state index contributed by atoms with van der Waals surface area (Å²) in [5, 5.41) is 8.70. The number of hydrogen-bond donors (Lipinski definition) is 1. The Morgan fingerprint density at radius 2 is 1.93 bits per heavy atom. The van der Waals surface area contributed by atoms with E-state index in [2.05, 4.69) is 0 Å². The van der Waals surface area contributed by atoms with Crippen LogP contribution in [0, 0.1) is 11.8 Å². The number of hydrogen-bond acceptors (Lipinski definition) is 3. The first-order chi connectivity index (χ1) is 6.41. The molecule has 1 N–H and O–H groups in total. The lowest BCUT2D eigenvalue weighted by Gasteiger charge is -2.23. The highest BCUT2D eigenvalue weighted by molar-refractivity contribution is 7.91. The van der Waals surface area contributed by atoms with Crippen LogP contribution < -0.4 is 0 Å². The first-order valence-corrected chi connectivity index (χ1v) is 6.66. The van der Waals surface area contributed by atoms with Crippen LogP contribution >= 0.6 is 0 Å². The van der Waals surface area contributed by atoms with Crippen molar-refractivity contribution < 1.29 is 18.3 Å². The van der Waals surface area contributed by atoms with Gasteiger partial charge in [0, 0.05) is 0 Å². The number of carboxylic acids is 1. The van der Waals surface area contributed by atoms with Crippen LogP contribution in [0.4, 0.5) is 0 Å². The van der Waals surface area contributed by atoms with E-state index in [-0.39, 0.29) is 23.3 Å². The highest BCUT2D eigenvalue weighted by Crippen LogP contribution is 2.25. The molecule has 1 rings (SSSR count). The average molecular weight is 220 g/mol. The summed E-state index contributed by atoms with van der Waals surface area (Å²) in [5.74, 6) is -0.433. The highest BCUT2D eigenvalue weighted by Gasteiger charge is 2.26. The Hall–Kier alpha value is -0.580. The van der Waals surface area contributed by atoms with Crippen molar-refractivity contribution in [2.45, 2.75) is 26.2 Å². The van der Waals surface area contributed by atoms with Crippen LogP contribution in [-0.2, 0) is 14.6 Å². The molecule has 4 nitrogen and oxygen atoms in total. The Morgan fingerprint density at radius 1 is 1.43 bits per heavy atom. The normalized spacial score (nSPS) is 24.4. The zero-order valence-corrected chi connectivity index (χ0v) is 9.09. The van der Waals surface area contributed by atoms with Crippen molar-refractivity contribution in [1.82, 2.24) is 0 Å². The van der Waals surface area contributed by atoms with E-state index in [9.17, 15) is 13.2 Å². The lowest BCUT2D eigenvalue weighted by Crippen LogP contribution is -2.25. The molecule has 5 heteroatoms. The largest absolute Gasteiger partial charge is 0.481 e. The van der Waals surface area contributed by atoms with Gasteiger partial charge in [0.15, 0.2) is 0 Å². The summed E-state index contributed by atoms with van der Waals surface area (Å²) in [6.07, 6.45) is 1.85. The molecule has 0 amide bonds. The molecule has 1 unspecified atom stereocenters. The van der Waals surface area contributed by atoms with E-state index in [1.54, 1.807) is 6.92 Å². The first-order valence-electron chi connectivity index (χ1n) is 4.84. The second kappa shape index (κ2) is 4.29. The molecule has 0 aromatic rings. The van der Waals surface area contributed by atoms with Gasteiger partial charge >= 0.3 is 5.97 Å². The second-order valence-corrected chi connectivity index (χ2v) is 6.37. The van der Waals surface area contributed by atoms with Crippen LogP contribution in [0.25, 0.3) is 0 Å². The number of sulfone groups is 1. The quantitative estimate of drug-likeness (QED) is 0.767. The van der Waals surface area contributed by atoms with Gasteiger partial charge in [0.05, 0.1) is 17.4 Å². The molecule has 1 aliphatic heterocycles. The third-order valence-electron chi connectivity index (χ3n) is 2.78. The summed E-state index contributed by atoms with van der Waals surface area (Å²) >= 11 is 0. The number of aliphatic carboxylic acids is 1. The zero-order chi connectivity index (χ0) is 10.8. The molecule has 0 aromatic carbocycles. The molecule has 0 bridgehead atoms. The minimum Gasteiger partial charge on any atom is -0.481 e. The third kappa shape index (κ3) is 3.29. The van der Waals surface area contributed by atoms with Gasteiger partial charge in [0.2, 0.25) is 0 Å². The van der Waals surface area contributed by atoms with Gasteiger partial charge in [-0.15, -0.1) is 0 Å². The molecule has 1 aliphatic rings. The molecule has 0 aromatic heterocycles. The van der Waals surface area contributed by atoms with Crippen LogP contribution in [0.1, 0.15) is 26.2 Å². The van der Waals surface area contributed by atoms with Gasteiger partial charge in [-0.25, -0.2) is 8.42 Å². The Balaban J connectivity index is 2.40. The molecule has 14 heavy (non-hydrogen) atoms. The maximum absolute atomic E-state index is 11.1. The van der Waals surface area contributed by atoms with Crippen molar-refractivity contribution in [3.8, 4) is 0 Å².